The minimum absolute atomic E-state index is 0.00494. The van der Waals surface area contributed by atoms with Crippen molar-refractivity contribution in [1.29, 1.82) is 0 Å². The molecule has 26 heavy (non-hydrogen) atoms. The van der Waals surface area contributed by atoms with Gasteiger partial charge in [-0.25, -0.2) is 14.6 Å². The summed E-state index contributed by atoms with van der Waals surface area (Å²) < 4.78 is 10.1. The molecule has 0 aromatic carbocycles. The molecule has 1 N–H and O–H groups in total. The highest BCUT2D eigenvalue weighted by Crippen LogP contribution is 2.28. The largest absolute Gasteiger partial charge is 0.369 e. The number of nitrogens with zero attached hydrogens (tertiary/aromatic N) is 5. The molecule has 7 nitrogen and oxygen atoms in total. The molecule has 4 heterocycles. The third-order valence-electron chi connectivity index (χ3n) is 4.98. The number of aromatic nitrogens is 5. The number of fused-ring (bicyclic) bond motifs is 1. The first-order valence-electron chi connectivity index (χ1n) is 9.35. The van der Waals surface area contributed by atoms with Crippen LogP contribution in [0.3, 0.4) is 0 Å². The van der Waals surface area contributed by atoms with E-state index in [0.29, 0.717) is 6.04 Å². The van der Waals surface area contributed by atoms with E-state index >= 15 is 0 Å². The first-order valence-corrected chi connectivity index (χ1v) is 9.35. The molecule has 1 saturated heterocycles. The predicted molar refractivity (Wildman–Crippen MR) is 99.8 cm³/mol. The first-order chi connectivity index (χ1) is 12.7. The maximum atomic E-state index is 5.97. The van der Waals surface area contributed by atoms with E-state index in [1.54, 1.807) is 0 Å². The van der Waals surface area contributed by atoms with E-state index in [1.165, 1.54) is 0 Å². The molecule has 0 spiro atoms. The lowest BCUT2D eigenvalue weighted by Crippen LogP contribution is -2.32. The van der Waals surface area contributed by atoms with E-state index in [1.807, 2.05) is 29.5 Å². The average molecular weight is 354 g/mol. The number of imidazole rings is 1. The van der Waals surface area contributed by atoms with Gasteiger partial charge in [-0.05, 0) is 38.8 Å². The molecule has 0 saturated carbocycles. The first kappa shape index (κ1) is 17.2. The van der Waals surface area contributed by atoms with Gasteiger partial charge in [0.15, 0.2) is 5.65 Å². The molecule has 0 amide bonds. The van der Waals surface area contributed by atoms with Crippen LogP contribution in [-0.4, -0.2) is 37.0 Å². The maximum absolute atomic E-state index is 5.97. The van der Waals surface area contributed by atoms with Gasteiger partial charge in [-0.1, -0.05) is 0 Å². The van der Waals surface area contributed by atoms with Crippen molar-refractivity contribution in [3.05, 3.63) is 42.2 Å². The molecule has 4 rings (SSSR count). The molecule has 0 unspecified atom stereocenters. The normalized spacial score (nSPS) is 20.5. The minimum Gasteiger partial charge on any atom is -0.369 e. The average Bonchev–Trinajstić information content (AvgIpc) is 3.36. The molecule has 0 radical (unpaired) electrons. The van der Waals surface area contributed by atoms with Gasteiger partial charge in [-0.3, -0.25) is 0 Å². The van der Waals surface area contributed by atoms with Gasteiger partial charge >= 0.3 is 0 Å². The van der Waals surface area contributed by atoms with Crippen molar-refractivity contribution in [3.63, 3.8) is 0 Å². The molecular formula is C19H26N6O. The van der Waals surface area contributed by atoms with Crippen LogP contribution in [0.1, 0.15) is 50.7 Å². The van der Waals surface area contributed by atoms with Crippen LogP contribution in [-0.2, 0) is 17.8 Å². The van der Waals surface area contributed by atoms with Crippen molar-refractivity contribution in [2.24, 2.45) is 0 Å². The van der Waals surface area contributed by atoms with E-state index in [-0.39, 0.29) is 12.1 Å². The number of rotatable bonds is 6. The zero-order valence-electron chi connectivity index (χ0n) is 15.6. The molecule has 1 aliphatic rings. The Hall–Kier alpha value is -2.25. The molecular weight excluding hydrogens is 328 g/mol. The van der Waals surface area contributed by atoms with Crippen LogP contribution in [0.25, 0.3) is 11.0 Å². The summed E-state index contributed by atoms with van der Waals surface area (Å²) in [4.78, 5) is 9.13. The highest BCUT2D eigenvalue weighted by Gasteiger charge is 2.32. The number of ether oxygens (including phenoxy) is 1. The van der Waals surface area contributed by atoms with Crippen molar-refractivity contribution in [2.75, 3.05) is 6.61 Å². The molecule has 2 atom stereocenters. The Balaban J connectivity index is 1.47. The zero-order valence-corrected chi connectivity index (χ0v) is 15.6. The van der Waals surface area contributed by atoms with Gasteiger partial charge in [-0.2, -0.15) is 5.10 Å². The maximum Gasteiger partial charge on any atom is 0.157 e. The monoisotopic (exact) mass is 354 g/mol. The van der Waals surface area contributed by atoms with Crippen LogP contribution in [0.5, 0.6) is 0 Å². The molecule has 138 valence electrons. The Kier molecular flexibility index (Phi) is 4.74. The molecule has 1 fully saturated rings. The summed E-state index contributed by atoms with van der Waals surface area (Å²) in [5.41, 5.74) is 2.10. The lowest BCUT2D eigenvalue weighted by atomic mass is 10.1. The summed E-state index contributed by atoms with van der Waals surface area (Å²) >= 11 is 0. The van der Waals surface area contributed by atoms with Crippen LogP contribution in [0, 0.1) is 0 Å². The Labute approximate surface area is 153 Å². The van der Waals surface area contributed by atoms with E-state index in [9.17, 15) is 0 Å². The van der Waals surface area contributed by atoms with E-state index in [2.05, 4.69) is 51.8 Å². The zero-order chi connectivity index (χ0) is 18.1. The molecule has 1 aliphatic heterocycles. The minimum atomic E-state index is 0.00494. The number of hydrogen-bond acceptors (Lipinski definition) is 5. The summed E-state index contributed by atoms with van der Waals surface area (Å²) in [7, 11) is 0. The third-order valence-corrected chi connectivity index (χ3v) is 4.98. The summed E-state index contributed by atoms with van der Waals surface area (Å²) in [6.07, 6.45) is 8.69. The fraction of sp³-hybridized carbons (Fsp3) is 0.526. The smallest absolute Gasteiger partial charge is 0.157 e. The second-order valence-electron chi connectivity index (χ2n) is 7.08. The lowest BCUT2D eigenvalue weighted by molar-refractivity contribution is 0.0886. The SMILES string of the molecule is CCn1ccnc1[C@H]1OCC[C@@H]1NCc1cnc2c(cnn2C(C)C)c1. The number of hydrogen-bond donors (Lipinski definition) is 1. The fourth-order valence-corrected chi connectivity index (χ4v) is 3.61. The molecule has 0 bridgehead atoms. The van der Waals surface area contributed by atoms with Crippen LogP contribution in [0.2, 0.25) is 0 Å². The van der Waals surface area contributed by atoms with Crippen molar-refractivity contribution in [3.8, 4) is 0 Å². The van der Waals surface area contributed by atoms with Gasteiger partial charge in [0, 0.05) is 55.8 Å². The standard InChI is InChI=1S/C19H26N6O/c1-4-24-7-6-20-19(24)17-16(5-8-26-17)21-10-14-9-15-12-23-25(13(2)3)18(15)22-11-14/h6-7,9,11-13,16-17,21H,4-5,8,10H2,1-3H3/t16-,17-/m0/s1. The third kappa shape index (κ3) is 3.12. The molecule has 3 aromatic heterocycles. The van der Waals surface area contributed by atoms with Crippen molar-refractivity contribution in [2.45, 2.75) is 58.5 Å². The Morgan fingerprint density at radius 3 is 3.00 bits per heavy atom. The lowest BCUT2D eigenvalue weighted by Gasteiger charge is -2.20. The van der Waals surface area contributed by atoms with E-state index < -0.39 is 0 Å². The Bertz CT molecular complexity index is 883. The second kappa shape index (κ2) is 7.17. The molecule has 7 heteroatoms. The quantitative estimate of drug-likeness (QED) is 0.737. The Morgan fingerprint density at radius 2 is 2.19 bits per heavy atom. The summed E-state index contributed by atoms with van der Waals surface area (Å²) in [6.45, 7) is 8.78. The van der Waals surface area contributed by atoms with Gasteiger partial charge in [0.05, 0.1) is 6.20 Å². The second-order valence-corrected chi connectivity index (χ2v) is 7.08. The fourth-order valence-electron chi connectivity index (χ4n) is 3.61. The van der Waals surface area contributed by atoms with Gasteiger partial charge in [-0.15, -0.1) is 0 Å². The summed E-state index contributed by atoms with van der Waals surface area (Å²) in [5.74, 6) is 1.01. The van der Waals surface area contributed by atoms with Crippen molar-refractivity contribution < 1.29 is 4.74 Å². The van der Waals surface area contributed by atoms with Gasteiger partial charge in [0.25, 0.3) is 0 Å². The van der Waals surface area contributed by atoms with Crippen molar-refractivity contribution >= 4 is 11.0 Å². The topological polar surface area (TPSA) is 69.8 Å². The van der Waals surface area contributed by atoms with E-state index in [4.69, 9.17) is 4.74 Å². The highest BCUT2D eigenvalue weighted by molar-refractivity contribution is 5.75. The van der Waals surface area contributed by atoms with Gasteiger partial charge in [0.1, 0.15) is 11.9 Å². The number of nitrogens with one attached hydrogen (secondary N) is 1. The number of aryl methyl sites for hydroxylation is 1. The number of pyridine rings is 1. The van der Waals surface area contributed by atoms with Crippen molar-refractivity contribution in [1.82, 2.24) is 29.6 Å². The predicted octanol–water partition coefficient (Wildman–Crippen LogP) is 2.85. The van der Waals surface area contributed by atoms with Crippen LogP contribution in [0.15, 0.2) is 30.9 Å². The Morgan fingerprint density at radius 1 is 1.31 bits per heavy atom. The summed E-state index contributed by atoms with van der Waals surface area (Å²) in [6, 6.07) is 2.73. The van der Waals surface area contributed by atoms with Gasteiger partial charge < -0.3 is 14.6 Å². The molecule has 3 aromatic rings. The van der Waals surface area contributed by atoms with E-state index in [0.717, 1.165) is 48.5 Å². The highest BCUT2D eigenvalue weighted by atomic mass is 16.5. The van der Waals surface area contributed by atoms with Gasteiger partial charge in [0.2, 0.25) is 0 Å². The van der Waals surface area contributed by atoms with Crippen LogP contribution < -0.4 is 5.32 Å². The van der Waals surface area contributed by atoms with Crippen LogP contribution >= 0.6 is 0 Å². The molecule has 0 aliphatic carbocycles. The summed E-state index contributed by atoms with van der Waals surface area (Å²) in [5, 5.41) is 9.16. The van der Waals surface area contributed by atoms with Crippen LogP contribution in [0.4, 0.5) is 0 Å².